The Hall–Kier alpha value is -2.54. The van der Waals surface area contributed by atoms with E-state index in [-0.39, 0.29) is 24.5 Å². The van der Waals surface area contributed by atoms with Crippen molar-refractivity contribution < 1.29 is 14.3 Å². The smallest absolute Gasteiger partial charge is 0.262 e. The molecule has 36 heavy (non-hydrogen) atoms. The van der Waals surface area contributed by atoms with Gasteiger partial charge in [0, 0.05) is 18.7 Å². The van der Waals surface area contributed by atoms with Gasteiger partial charge in [0.25, 0.3) is 5.91 Å². The lowest BCUT2D eigenvalue weighted by Crippen LogP contribution is -2.31. The monoisotopic (exact) mass is 529 g/mol. The molecule has 2 heterocycles. The Balaban J connectivity index is 1.41. The third kappa shape index (κ3) is 6.23. The van der Waals surface area contributed by atoms with Crippen LogP contribution in [0.1, 0.15) is 56.0 Å². The average molecular weight is 530 g/mol. The van der Waals surface area contributed by atoms with Gasteiger partial charge < -0.3 is 14.8 Å². The van der Waals surface area contributed by atoms with Crippen molar-refractivity contribution in [3.63, 3.8) is 0 Å². The van der Waals surface area contributed by atoms with Gasteiger partial charge in [0.15, 0.2) is 6.61 Å². The number of hydrogen-bond acceptors (Lipinski definition) is 4. The molecule has 1 aliphatic rings. The zero-order valence-corrected chi connectivity index (χ0v) is 22.6. The van der Waals surface area contributed by atoms with Crippen LogP contribution < -0.4 is 10.1 Å². The van der Waals surface area contributed by atoms with Crippen LogP contribution >= 0.6 is 23.2 Å². The number of halogens is 2. The molecular weight excluding hydrogens is 497 g/mol. The highest BCUT2D eigenvalue weighted by Crippen LogP contribution is 2.44. The fraction of sp³-hybridized carbons (Fsp3) is 0.429. The number of hydrogen-bond donors (Lipinski definition) is 1. The summed E-state index contributed by atoms with van der Waals surface area (Å²) in [5, 5.41) is 8.36. The number of rotatable bonds is 8. The van der Waals surface area contributed by atoms with Gasteiger partial charge in [0.05, 0.1) is 34.1 Å². The first-order valence-corrected chi connectivity index (χ1v) is 13.1. The van der Waals surface area contributed by atoms with Crippen molar-refractivity contribution in [2.45, 2.75) is 52.7 Å². The van der Waals surface area contributed by atoms with Gasteiger partial charge in [-0.05, 0) is 67.5 Å². The largest absolute Gasteiger partial charge is 0.484 e. The lowest BCUT2D eigenvalue weighted by atomic mass is 9.76. The molecule has 1 aliphatic heterocycles. The van der Waals surface area contributed by atoms with E-state index in [0.29, 0.717) is 39.9 Å². The van der Waals surface area contributed by atoms with Crippen molar-refractivity contribution in [1.82, 2.24) is 9.78 Å². The van der Waals surface area contributed by atoms with Crippen LogP contribution in [0.15, 0.2) is 48.7 Å². The molecule has 0 radical (unpaired) electrons. The van der Waals surface area contributed by atoms with E-state index >= 15 is 0 Å². The number of ether oxygens (including phenoxy) is 2. The first-order valence-electron chi connectivity index (χ1n) is 12.4. The second-order valence-corrected chi connectivity index (χ2v) is 10.5. The van der Waals surface area contributed by atoms with Crippen LogP contribution in [-0.4, -0.2) is 28.9 Å². The molecule has 0 spiro atoms. The highest BCUT2D eigenvalue weighted by Gasteiger charge is 2.35. The van der Waals surface area contributed by atoms with Crippen LogP contribution in [-0.2, 0) is 16.1 Å². The van der Waals surface area contributed by atoms with E-state index in [1.807, 2.05) is 56.4 Å². The molecule has 8 heteroatoms. The zero-order valence-electron chi connectivity index (χ0n) is 21.1. The van der Waals surface area contributed by atoms with Gasteiger partial charge in [-0.3, -0.25) is 9.48 Å². The Labute approximate surface area is 222 Å². The number of nitrogens with zero attached hydrogens (tertiary/aromatic N) is 2. The predicted molar refractivity (Wildman–Crippen MR) is 144 cm³/mol. The first kappa shape index (κ1) is 26.5. The number of benzene rings is 2. The first-order chi connectivity index (χ1) is 17.2. The van der Waals surface area contributed by atoms with Gasteiger partial charge >= 0.3 is 0 Å². The van der Waals surface area contributed by atoms with E-state index in [1.54, 1.807) is 4.68 Å². The lowest BCUT2D eigenvalue weighted by Gasteiger charge is -2.39. The molecule has 1 fully saturated rings. The topological polar surface area (TPSA) is 65.4 Å². The molecule has 3 atom stereocenters. The van der Waals surface area contributed by atoms with Crippen molar-refractivity contribution in [1.29, 1.82) is 0 Å². The molecule has 0 saturated carbocycles. The Morgan fingerprint density at radius 3 is 2.69 bits per heavy atom. The van der Waals surface area contributed by atoms with Gasteiger partial charge in [-0.15, -0.1) is 0 Å². The second-order valence-electron chi connectivity index (χ2n) is 9.66. The van der Waals surface area contributed by atoms with Crippen LogP contribution in [0.5, 0.6) is 5.75 Å². The van der Waals surface area contributed by atoms with Gasteiger partial charge in [-0.1, -0.05) is 55.2 Å². The molecule has 3 aromatic rings. The summed E-state index contributed by atoms with van der Waals surface area (Å²) in [7, 11) is 0. The summed E-state index contributed by atoms with van der Waals surface area (Å²) in [5.74, 6) is 1.41. The zero-order chi connectivity index (χ0) is 25.8. The quantitative estimate of drug-likeness (QED) is 0.339. The molecule has 1 aromatic heterocycles. The maximum atomic E-state index is 12.5. The molecule has 6 nitrogen and oxygen atoms in total. The van der Waals surface area contributed by atoms with Crippen molar-refractivity contribution in [2.24, 2.45) is 11.8 Å². The number of carbonyl (C=O) groups is 1. The Bertz CT molecular complexity index is 1210. The summed E-state index contributed by atoms with van der Waals surface area (Å²) in [4.78, 5) is 12.5. The number of amides is 1. The minimum Gasteiger partial charge on any atom is -0.484 e. The highest BCUT2D eigenvalue weighted by molar-refractivity contribution is 6.42. The van der Waals surface area contributed by atoms with E-state index in [0.717, 1.165) is 29.8 Å². The molecule has 2 aromatic carbocycles. The molecule has 1 saturated heterocycles. The summed E-state index contributed by atoms with van der Waals surface area (Å²) in [6.45, 7) is 9.59. The van der Waals surface area contributed by atoms with E-state index < -0.39 is 0 Å². The SMILES string of the molecule is CCn1cc(NC(=O)COc2cccc([C@@H]3OC[C@@H](c4ccc(Cl)c(Cl)c4)C[C@H]3C(C)C)c2)c(C)n1. The molecule has 0 unspecified atom stereocenters. The summed E-state index contributed by atoms with van der Waals surface area (Å²) < 4.78 is 14.1. The Morgan fingerprint density at radius 2 is 2.00 bits per heavy atom. The third-order valence-corrected chi connectivity index (χ3v) is 7.53. The highest BCUT2D eigenvalue weighted by atomic mass is 35.5. The molecule has 0 bridgehead atoms. The standard InChI is InChI=1S/C28H33Cl2N3O3/c1-5-33-14-26(18(4)32-33)31-27(34)16-35-22-8-6-7-20(11-22)28-23(17(2)3)12-21(15-36-28)19-9-10-24(29)25(30)13-19/h6-11,13-14,17,21,23,28H,5,12,15-16H2,1-4H3,(H,31,34)/t21-,23-,28-/m0/s1. The number of nitrogens with one attached hydrogen (secondary N) is 1. The normalized spacial score (nSPS) is 19.9. The van der Waals surface area contributed by atoms with Crippen LogP contribution in [0.3, 0.4) is 0 Å². The van der Waals surface area contributed by atoms with Crippen molar-refractivity contribution in [3.05, 3.63) is 75.5 Å². The summed E-state index contributed by atoms with van der Waals surface area (Å²) in [6, 6.07) is 13.7. The van der Waals surface area contributed by atoms with E-state index in [2.05, 4.69) is 30.3 Å². The maximum absolute atomic E-state index is 12.5. The van der Waals surface area contributed by atoms with E-state index in [9.17, 15) is 4.79 Å². The lowest BCUT2D eigenvalue weighted by molar-refractivity contribution is -0.118. The summed E-state index contributed by atoms with van der Waals surface area (Å²) in [5.41, 5.74) is 3.68. The molecular formula is C28H33Cl2N3O3. The summed E-state index contributed by atoms with van der Waals surface area (Å²) in [6.07, 6.45) is 2.76. The molecule has 1 N–H and O–H groups in total. The van der Waals surface area contributed by atoms with Gasteiger partial charge in [-0.25, -0.2) is 0 Å². The summed E-state index contributed by atoms with van der Waals surface area (Å²) >= 11 is 12.4. The van der Waals surface area contributed by atoms with Crippen LogP contribution in [0.2, 0.25) is 10.0 Å². The van der Waals surface area contributed by atoms with E-state index in [4.69, 9.17) is 32.7 Å². The maximum Gasteiger partial charge on any atom is 0.262 e. The average Bonchev–Trinajstić information content (AvgIpc) is 3.23. The number of aromatic nitrogens is 2. The van der Waals surface area contributed by atoms with Crippen molar-refractivity contribution in [2.75, 3.05) is 18.5 Å². The Morgan fingerprint density at radius 1 is 1.19 bits per heavy atom. The minimum atomic E-state index is -0.224. The fourth-order valence-corrected chi connectivity index (χ4v) is 5.05. The fourth-order valence-electron chi connectivity index (χ4n) is 4.75. The van der Waals surface area contributed by atoms with Crippen LogP contribution in [0, 0.1) is 18.8 Å². The van der Waals surface area contributed by atoms with Crippen LogP contribution in [0.4, 0.5) is 5.69 Å². The molecule has 192 valence electrons. The van der Waals surface area contributed by atoms with Crippen molar-refractivity contribution >= 4 is 34.8 Å². The second kappa shape index (κ2) is 11.7. The number of anilines is 1. The van der Waals surface area contributed by atoms with E-state index in [1.165, 1.54) is 0 Å². The van der Waals surface area contributed by atoms with Gasteiger partial charge in [0.2, 0.25) is 0 Å². The predicted octanol–water partition coefficient (Wildman–Crippen LogP) is 7.05. The molecule has 1 amide bonds. The third-order valence-electron chi connectivity index (χ3n) is 6.79. The van der Waals surface area contributed by atoms with Crippen molar-refractivity contribution in [3.8, 4) is 5.75 Å². The minimum absolute atomic E-state index is 0.0519. The number of aryl methyl sites for hydroxylation is 2. The molecule has 0 aliphatic carbocycles. The Kier molecular flexibility index (Phi) is 8.60. The number of carbonyl (C=O) groups excluding carboxylic acids is 1. The van der Waals surface area contributed by atoms with Crippen LogP contribution in [0.25, 0.3) is 0 Å². The molecule has 4 rings (SSSR count). The van der Waals surface area contributed by atoms with Gasteiger partial charge in [-0.2, -0.15) is 5.10 Å². The van der Waals surface area contributed by atoms with Gasteiger partial charge in [0.1, 0.15) is 5.75 Å².